The summed E-state index contributed by atoms with van der Waals surface area (Å²) in [6.45, 7) is -0.242. The van der Waals surface area contributed by atoms with Gasteiger partial charge in [-0.2, -0.15) is 5.26 Å². The summed E-state index contributed by atoms with van der Waals surface area (Å²) >= 11 is 0. The lowest BCUT2D eigenvalue weighted by Gasteiger charge is -2.06. The summed E-state index contributed by atoms with van der Waals surface area (Å²) in [4.78, 5) is 9.12. The van der Waals surface area contributed by atoms with Crippen molar-refractivity contribution in [1.29, 1.82) is 5.26 Å². The van der Waals surface area contributed by atoms with E-state index in [2.05, 4.69) is 0 Å². The minimum atomic E-state index is -4.35. The predicted molar refractivity (Wildman–Crippen MR) is 58.7 cm³/mol. The van der Waals surface area contributed by atoms with Gasteiger partial charge in [0.2, 0.25) is 0 Å². The highest BCUT2D eigenvalue weighted by molar-refractivity contribution is 8.13. The molecule has 1 rings (SSSR count). The van der Waals surface area contributed by atoms with E-state index in [1.165, 1.54) is 12.1 Å². The lowest BCUT2D eigenvalue weighted by molar-refractivity contribution is -0.388. The van der Waals surface area contributed by atoms with Gasteiger partial charge in [-0.3, -0.25) is 10.1 Å². The molecule has 7 nitrogen and oxygen atoms in total. The van der Waals surface area contributed by atoms with Crippen LogP contribution in [0.1, 0.15) is 11.1 Å². The maximum atomic E-state index is 11.3. The molecule has 0 aromatic heterocycles. The zero-order valence-corrected chi connectivity index (χ0v) is 9.83. The van der Waals surface area contributed by atoms with Crippen LogP contribution in [-0.2, 0) is 15.6 Å². The largest absolute Gasteiger partial charge is 0.326 e. The Balaban J connectivity index is 3.86. The maximum absolute atomic E-state index is 11.3. The fraction of sp³-hybridized carbons (Fsp3) is 0.125. The van der Waals surface area contributed by atoms with Gasteiger partial charge in [0.25, 0.3) is 9.05 Å². The van der Waals surface area contributed by atoms with Crippen molar-refractivity contribution in [2.45, 2.75) is 11.4 Å². The highest BCUT2D eigenvalue weighted by atomic mass is 35.7. The number of rotatable bonds is 3. The zero-order chi connectivity index (χ0) is 13.2. The Bertz CT molecular complexity index is 620. The lowest BCUT2D eigenvalue weighted by Crippen LogP contribution is -2.08. The number of halogens is 1. The van der Waals surface area contributed by atoms with Gasteiger partial charge in [0.1, 0.15) is 11.6 Å². The molecule has 0 amide bonds. The first-order valence-electron chi connectivity index (χ1n) is 4.18. The van der Waals surface area contributed by atoms with Crippen LogP contribution in [0.5, 0.6) is 0 Å². The van der Waals surface area contributed by atoms with Crippen LogP contribution in [0.2, 0.25) is 0 Å². The number of nitrogens with two attached hydrogens (primary N) is 1. The van der Waals surface area contributed by atoms with Crippen LogP contribution in [0.4, 0.5) is 5.69 Å². The molecule has 2 N–H and O–H groups in total. The average molecular weight is 276 g/mol. The summed E-state index contributed by atoms with van der Waals surface area (Å²) in [5.41, 5.74) is 4.05. The highest BCUT2D eigenvalue weighted by Crippen LogP contribution is 2.33. The second kappa shape index (κ2) is 4.67. The summed E-state index contributed by atoms with van der Waals surface area (Å²) in [5.74, 6) is 0. The summed E-state index contributed by atoms with van der Waals surface area (Å²) < 4.78 is 22.6. The molecule has 0 aliphatic heterocycles. The van der Waals surface area contributed by atoms with Crippen LogP contribution in [0.25, 0.3) is 0 Å². The second-order valence-corrected chi connectivity index (χ2v) is 5.46. The van der Waals surface area contributed by atoms with Gasteiger partial charge in [-0.25, -0.2) is 8.42 Å². The van der Waals surface area contributed by atoms with E-state index >= 15 is 0 Å². The number of hydrogen-bond donors (Lipinski definition) is 1. The van der Waals surface area contributed by atoms with Crippen molar-refractivity contribution < 1.29 is 13.3 Å². The molecule has 0 aliphatic rings. The summed E-state index contributed by atoms with van der Waals surface area (Å²) in [7, 11) is 0.769. The summed E-state index contributed by atoms with van der Waals surface area (Å²) in [5, 5.41) is 19.5. The van der Waals surface area contributed by atoms with E-state index in [0.29, 0.717) is 0 Å². The molecule has 0 fully saturated rings. The number of nitrogens with zero attached hydrogens (tertiary/aromatic N) is 2. The van der Waals surface area contributed by atoms with Crippen LogP contribution in [-0.4, -0.2) is 13.3 Å². The van der Waals surface area contributed by atoms with Gasteiger partial charge in [-0.05, 0) is 11.6 Å². The number of benzene rings is 1. The molecule has 90 valence electrons. The van der Waals surface area contributed by atoms with Crippen LogP contribution in [0, 0.1) is 21.4 Å². The van der Waals surface area contributed by atoms with Gasteiger partial charge in [-0.15, -0.1) is 0 Å². The summed E-state index contributed by atoms with van der Waals surface area (Å²) in [6.07, 6.45) is 0. The lowest BCUT2D eigenvalue weighted by atomic mass is 10.1. The molecular weight excluding hydrogens is 270 g/mol. The Morgan fingerprint density at radius 3 is 2.47 bits per heavy atom. The first kappa shape index (κ1) is 13.4. The van der Waals surface area contributed by atoms with Crippen molar-refractivity contribution in [3.8, 4) is 6.07 Å². The molecule has 0 unspecified atom stereocenters. The average Bonchev–Trinajstić information content (AvgIpc) is 2.25. The van der Waals surface area contributed by atoms with E-state index in [4.69, 9.17) is 21.7 Å². The van der Waals surface area contributed by atoms with E-state index in [9.17, 15) is 18.5 Å². The van der Waals surface area contributed by atoms with Crippen LogP contribution < -0.4 is 5.73 Å². The Morgan fingerprint density at radius 1 is 1.53 bits per heavy atom. The van der Waals surface area contributed by atoms with Gasteiger partial charge in [0.05, 0.1) is 4.92 Å². The topological polar surface area (TPSA) is 127 Å². The van der Waals surface area contributed by atoms with Gasteiger partial charge in [-0.1, -0.05) is 6.07 Å². The molecule has 0 radical (unpaired) electrons. The van der Waals surface area contributed by atoms with Crippen LogP contribution in [0.3, 0.4) is 0 Å². The second-order valence-electron chi connectivity index (χ2n) is 2.96. The first-order valence-corrected chi connectivity index (χ1v) is 6.49. The van der Waals surface area contributed by atoms with Gasteiger partial charge >= 0.3 is 5.69 Å². The third-order valence-electron chi connectivity index (χ3n) is 1.98. The molecule has 9 heteroatoms. The first-order chi connectivity index (χ1) is 7.82. The standard InChI is InChI=1S/C8H6ClN3O4S/c9-17(15,16)8-6(4-11)2-1-5(3-10)7(8)12(13)14/h1-2H,4,11H2. The third-order valence-corrected chi connectivity index (χ3v) is 3.39. The molecule has 0 saturated heterocycles. The predicted octanol–water partition coefficient (Wildman–Crippen LogP) is 0.853. The molecule has 0 aliphatic carbocycles. The smallest absolute Gasteiger partial charge is 0.307 e. The Hall–Kier alpha value is -1.69. The Morgan fingerprint density at radius 2 is 2.12 bits per heavy atom. The maximum Gasteiger partial charge on any atom is 0.307 e. The number of nitro groups is 1. The zero-order valence-electron chi connectivity index (χ0n) is 8.25. The normalized spacial score (nSPS) is 10.9. The van der Waals surface area contributed by atoms with Gasteiger partial charge in [0, 0.05) is 17.2 Å². The molecule has 17 heavy (non-hydrogen) atoms. The molecule has 1 aromatic rings. The van der Waals surface area contributed by atoms with Gasteiger partial charge < -0.3 is 5.73 Å². The van der Waals surface area contributed by atoms with E-state index in [1.54, 1.807) is 0 Å². The quantitative estimate of drug-likeness (QED) is 0.495. The van der Waals surface area contributed by atoms with Crippen LogP contribution in [0.15, 0.2) is 17.0 Å². The number of hydrogen-bond acceptors (Lipinski definition) is 6. The van der Waals surface area contributed by atoms with E-state index in [-0.39, 0.29) is 17.7 Å². The number of nitro benzene ring substituents is 1. The fourth-order valence-electron chi connectivity index (χ4n) is 1.32. The SMILES string of the molecule is N#Cc1ccc(CN)c(S(=O)(=O)Cl)c1[N+](=O)[O-]. The van der Waals surface area contributed by atoms with Crippen molar-refractivity contribution in [3.63, 3.8) is 0 Å². The summed E-state index contributed by atoms with van der Waals surface area (Å²) in [6, 6.07) is 3.89. The molecule has 1 aromatic carbocycles. The van der Waals surface area contributed by atoms with Crippen molar-refractivity contribution in [2.75, 3.05) is 0 Å². The third kappa shape index (κ3) is 2.52. The van der Waals surface area contributed by atoms with Crippen LogP contribution >= 0.6 is 10.7 Å². The minimum absolute atomic E-state index is 0.00861. The fourth-order valence-corrected chi connectivity index (χ4v) is 2.71. The van der Waals surface area contributed by atoms with E-state index < -0.39 is 24.6 Å². The minimum Gasteiger partial charge on any atom is -0.326 e. The monoisotopic (exact) mass is 275 g/mol. The molecular formula is C8H6ClN3O4S. The molecule has 0 atom stereocenters. The van der Waals surface area contributed by atoms with Gasteiger partial charge in [0.15, 0.2) is 4.90 Å². The van der Waals surface area contributed by atoms with Crippen molar-refractivity contribution in [1.82, 2.24) is 0 Å². The van der Waals surface area contributed by atoms with E-state index in [0.717, 1.165) is 6.07 Å². The molecule has 0 bridgehead atoms. The molecule has 0 heterocycles. The molecule has 0 saturated carbocycles. The Labute approximate surface area is 101 Å². The highest BCUT2D eigenvalue weighted by Gasteiger charge is 2.30. The molecule has 0 spiro atoms. The van der Waals surface area contributed by atoms with Crippen molar-refractivity contribution in [2.24, 2.45) is 5.73 Å². The Kier molecular flexibility index (Phi) is 3.67. The van der Waals surface area contributed by atoms with Crippen molar-refractivity contribution >= 4 is 25.4 Å². The van der Waals surface area contributed by atoms with Crippen molar-refractivity contribution in [3.05, 3.63) is 33.4 Å². The van der Waals surface area contributed by atoms with E-state index in [1.807, 2.05) is 0 Å². The number of nitriles is 1.